The summed E-state index contributed by atoms with van der Waals surface area (Å²) in [4.78, 5) is 12.1. The lowest BCUT2D eigenvalue weighted by Gasteiger charge is -2.01. The zero-order chi connectivity index (χ0) is 18.7. The third-order valence-corrected chi connectivity index (χ3v) is 3.59. The number of halogens is 4. The molecule has 0 fully saturated rings. The van der Waals surface area contributed by atoms with Crippen LogP contribution in [0.25, 0.3) is 11.5 Å². The Morgan fingerprint density at radius 2 is 2.08 bits per heavy atom. The van der Waals surface area contributed by atoms with Crippen molar-refractivity contribution in [1.29, 1.82) is 0 Å². The van der Waals surface area contributed by atoms with Crippen LogP contribution in [-0.2, 0) is 6.54 Å². The second-order valence-electron chi connectivity index (χ2n) is 5.03. The minimum absolute atomic E-state index is 0.00279. The summed E-state index contributed by atoms with van der Waals surface area (Å²) >= 11 is 5.67. The molecule has 0 aliphatic carbocycles. The van der Waals surface area contributed by atoms with Gasteiger partial charge in [-0.05, 0) is 18.2 Å². The Labute approximate surface area is 150 Å². The van der Waals surface area contributed by atoms with Gasteiger partial charge in [0.1, 0.15) is 0 Å². The minimum atomic E-state index is -2.89. The molecule has 0 aliphatic heterocycles. The van der Waals surface area contributed by atoms with Crippen LogP contribution < -0.4 is 5.56 Å². The third kappa shape index (κ3) is 3.78. The zero-order valence-corrected chi connectivity index (χ0v) is 13.7. The quantitative estimate of drug-likeness (QED) is 0.651. The standard InChI is InChI=1S/C17H9ClF3N3O2/c18-12-5-1-3-10(14(12)19)4-2-7-24-8-6-11(9-13(24)25)16-22-23-17(26-16)15(20)21/h1,3,5-6,8-9,15H,7H2. The molecule has 0 N–H and O–H groups in total. The molecule has 1 aromatic carbocycles. The molecule has 5 nitrogen and oxygen atoms in total. The SMILES string of the molecule is O=c1cc(-c2nnc(C(F)F)o2)ccn1CC#Cc1cccc(Cl)c1F. The smallest absolute Gasteiger partial charge is 0.314 e. The van der Waals surface area contributed by atoms with Crippen LogP contribution in [0.4, 0.5) is 13.2 Å². The molecule has 0 atom stereocenters. The van der Waals surface area contributed by atoms with Gasteiger partial charge in [-0.25, -0.2) is 4.39 Å². The number of hydrogen-bond donors (Lipinski definition) is 0. The molecule has 3 aromatic rings. The van der Waals surface area contributed by atoms with Crippen LogP contribution in [0, 0.1) is 17.7 Å². The van der Waals surface area contributed by atoms with E-state index in [0.29, 0.717) is 0 Å². The van der Waals surface area contributed by atoms with Gasteiger partial charge in [0.05, 0.1) is 17.1 Å². The van der Waals surface area contributed by atoms with E-state index in [1.807, 2.05) is 0 Å². The second kappa shape index (κ2) is 7.45. The van der Waals surface area contributed by atoms with Crippen molar-refractivity contribution in [2.75, 3.05) is 0 Å². The van der Waals surface area contributed by atoms with Gasteiger partial charge in [0.2, 0.25) is 5.89 Å². The first-order valence-corrected chi connectivity index (χ1v) is 7.59. The van der Waals surface area contributed by atoms with Crippen LogP contribution in [0.2, 0.25) is 5.02 Å². The van der Waals surface area contributed by atoms with E-state index in [4.69, 9.17) is 16.0 Å². The highest BCUT2D eigenvalue weighted by Crippen LogP contribution is 2.22. The lowest BCUT2D eigenvalue weighted by molar-refractivity contribution is 0.116. The van der Waals surface area contributed by atoms with Crippen molar-refractivity contribution in [2.24, 2.45) is 0 Å². The molecular weight excluding hydrogens is 371 g/mol. The van der Waals surface area contributed by atoms with E-state index in [1.54, 1.807) is 6.07 Å². The molecule has 0 radical (unpaired) electrons. The average Bonchev–Trinajstić information content (AvgIpc) is 3.10. The van der Waals surface area contributed by atoms with Crippen LogP contribution in [-0.4, -0.2) is 14.8 Å². The van der Waals surface area contributed by atoms with E-state index in [0.717, 1.165) is 6.07 Å². The van der Waals surface area contributed by atoms with Gasteiger partial charge in [0, 0.05) is 17.8 Å². The average molecular weight is 380 g/mol. The topological polar surface area (TPSA) is 60.9 Å². The van der Waals surface area contributed by atoms with E-state index in [9.17, 15) is 18.0 Å². The van der Waals surface area contributed by atoms with Gasteiger partial charge in [-0.2, -0.15) is 8.78 Å². The zero-order valence-electron chi connectivity index (χ0n) is 12.9. The van der Waals surface area contributed by atoms with E-state index >= 15 is 0 Å². The fourth-order valence-electron chi connectivity index (χ4n) is 2.03. The monoisotopic (exact) mass is 379 g/mol. The molecule has 0 bridgehead atoms. The van der Waals surface area contributed by atoms with Crippen molar-refractivity contribution in [2.45, 2.75) is 13.0 Å². The summed E-state index contributed by atoms with van der Waals surface area (Å²) < 4.78 is 44.7. The van der Waals surface area contributed by atoms with Gasteiger partial charge in [-0.15, -0.1) is 10.2 Å². The predicted molar refractivity (Wildman–Crippen MR) is 87.2 cm³/mol. The van der Waals surface area contributed by atoms with Gasteiger partial charge < -0.3 is 8.98 Å². The van der Waals surface area contributed by atoms with Gasteiger partial charge in [-0.3, -0.25) is 4.79 Å². The molecule has 3 rings (SSSR count). The van der Waals surface area contributed by atoms with Gasteiger partial charge in [-0.1, -0.05) is 29.5 Å². The maximum absolute atomic E-state index is 13.7. The Morgan fingerprint density at radius 1 is 1.27 bits per heavy atom. The third-order valence-electron chi connectivity index (χ3n) is 3.29. The maximum atomic E-state index is 13.7. The number of benzene rings is 1. The largest absolute Gasteiger partial charge is 0.415 e. The molecule has 132 valence electrons. The molecule has 2 heterocycles. The van der Waals surface area contributed by atoms with Gasteiger partial charge >= 0.3 is 6.43 Å². The maximum Gasteiger partial charge on any atom is 0.314 e. The Balaban J connectivity index is 1.79. The molecule has 2 aromatic heterocycles. The highest BCUT2D eigenvalue weighted by molar-refractivity contribution is 6.30. The normalized spacial score (nSPS) is 10.7. The van der Waals surface area contributed by atoms with Crippen molar-refractivity contribution in [3.63, 3.8) is 0 Å². The first-order chi connectivity index (χ1) is 12.5. The molecule has 0 spiro atoms. The van der Waals surface area contributed by atoms with Crippen molar-refractivity contribution >= 4 is 11.6 Å². The summed E-state index contributed by atoms with van der Waals surface area (Å²) in [6.45, 7) is -0.00279. The molecular formula is C17H9ClF3N3O2. The van der Waals surface area contributed by atoms with E-state index in [-0.39, 0.29) is 28.6 Å². The minimum Gasteiger partial charge on any atom is -0.415 e. The van der Waals surface area contributed by atoms with Crippen molar-refractivity contribution in [3.05, 3.63) is 69.2 Å². The Morgan fingerprint density at radius 3 is 2.77 bits per heavy atom. The van der Waals surface area contributed by atoms with Crippen LogP contribution >= 0.6 is 11.6 Å². The number of nitrogens with zero attached hydrogens (tertiary/aromatic N) is 3. The highest BCUT2D eigenvalue weighted by atomic mass is 35.5. The molecule has 26 heavy (non-hydrogen) atoms. The van der Waals surface area contributed by atoms with Crippen molar-refractivity contribution in [3.8, 4) is 23.3 Å². The van der Waals surface area contributed by atoms with Crippen molar-refractivity contribution < 1.29 is 17.6 Å². The number of aromatic nitrogens is 3. The van der Waals surface area contributed by atoms with Gasteiger partial charge in [0.25, 0.3) is 11.4 Å². The van der Waals surface area contributed by atoms with E-state index in [2.05, 4.69) is 22.0 Å². The van der Waals surface area contributed by atoms with Crippen LogP contribution in [0.5, 0.6) is 0 Å². The van der Waals surface area contributed by atoms with Crippen LogP contribution in [0.1, 0.15) is 17.9 Å². The van der Waals surface area contributed by atoms with E-state index < -0.39 is 23.7 Å². The van der Waals surface area contributed by atoms with Crippen molar-refractivity contribution in [1.82, 2.24) is 14.8 Å². The molecule has 0 amide bonds. The van der Waals surface area contributed by atoms with Crippen LogP contribution in [0.3, 0.4) is 0 Å². The fraction of sp³-hybridized carbons (Fsp3) is 0.118. The Kier molecular flexibility index (Phi) is 5.09. The summed E-state index contributed by atoms with van der Waals surface area (Å²) in [6, 6.07) is 7.04. The molecule has 0 aliphatic rings. The second-order valence-corrected chi connectivity index (χ2v) is 5.44. The summed E-state index contributed by atoms with van der Waals surface area (Å²) in [7, 11) is 0. The Hall–Kier alpha value is -3.05. The summed E-state index contributed by atoms with van der Waals surface area (Å²) in [6.07, 6.45) is -1.49. The number of alkyl halides is 2. The first kappa shape index (κ1) is 17.8. The molecule has 0 saturated heterocycles. The van der Waals surface area contributed by atoms with Crippen LogP contribution in [0.15, 0.2) is 45.7 Å². The Bertz CT molecular complexity index is 1070. The fourth-order valence-corrected chi connectivity index (χ4v) is 2.21. The number of pyridine rings is 1. The summed E-state index contributed by atoms with van der Waals surface area (Å²) in [5.41, 5.74) is -0.132. The number of hydrogen-bond acceptors (Lipinski definition) is 4. The summed E-state index contributed by atoms with van der Waals surface area (Å²) in [5, 5.41) is 6.63. The molecule has 9 heteroatoms. The number of rotatable bonds is 3. The highest BCUT2D eigenvalue weighted by Gasteiger charge is 2.17. The lowest BCUT2D eigenvalue weighted by atomic mass is 10.2. The predicted octanol–water partition coefficient (Wildman–Crippen LogP) is 3.68. The molecule has 0 unspecified atom stereocenters. The van der Waals surface area contributed by atoms with E-state index in [1.165, 1.54) is 29.0 Å². The lowest BCUT2D eigenvalue weighted by Crippen LogP contribution is -2.17. The van der Waals surface area contributed by atoms with Gasteiger partial charge in [0.15, 0.2) is 5.82 Å². The summed E-state index contributed by atoms with van der Waals surface area (Å²) in [5.74, 6) is 3.63. The first-order valence-electron chi connectivity index (χ1n) is 7.21. The molecule has 0 saturated carbocycles.